The number of H-pyrrole nitrogens is 1. The number of imidazole rings is 1. The van der Waals surface area contributed by atoms with Crippen molar-refractivity contribution in [1.82, 2.24) is 19.8 Å². The molecule has 1 aliphatic heterocycles. The number of nitrogens with zero attached hydrogens (tertiary/aromatic N) is 3. The second-order valence-electron chi connectivity index (χ2n) is 4.57. The molecule has 2 rings (SSSR count). The number of aliphatic carboxylic acids is 1. The van der Waals surface area contributed by atoms with Gasteiger partial charge in [-0.15, -0.1) is 0 Å². The van der Waals surface area contributed by atoms with Gasteiger partial charge in [0.2, 0.25) is 0 Å². The zero-order valence-electron chi connectivity index (χ0n) is 10.5. The highest BCUT2D eigenvalue weighted by Crippen LogP contribution is 2.20. The lowest BCUT2D eigenvalue weighted by atomic mass is 10.2. The minimum atomic E-state index is -1.10. The lowest BCUT2D eigenvalue weighted by Gasteiger charge is -2.26. The first-order valence-electron chi connectivity index (χ1n) is 5.90. The molecular weight excluding hydrogens is 252 g/mol. The standard InChI is InChI=1S/C11H16N4O4/c1-14(6-9-12-2-3-13-9)11(19)15-5-7(16)4-8(15)10(17)18/h2-3,7-8,16H,4-6H2,1H3,(H,12,13)(H,17,18)/t7-,8-/m0/s1. The quantitative estimate of drug-likeness (QED) is 0.683. The average Bonchev–Trinajstić information content (AvgIpc) is 2.97. The van der Waals surface area contributed by atoms with Crippen molar-refractivity contribution < 1.29 is 19.8 Å². The molecule has 0 radical (unpaired) electrons. The fourth-order valence-corrected chi connectivity index (χ4v) is 2.16. The van der Waals surface area contributed by atoms with Crippen LogP contribution in [0.1, 0.15) is 12.2 Å². The topological polar surface area (TPSA) is 110 Å². The minimum absolute atomic E-state index is 0.0400. The number of hydrogen-bond acceptors (Lipinski definition) is 4. The first-order valence-corrected chi connectivity index (χ1v) is 5.90. The molecule has 104 valence electrons. The number of carbonyl (C=O) groups excluding carboxylic acids is 1. The summed E-state index contributed by atoms with van der Waals surface area (Å²) in [5, 5.41) is 18.6. The Kier molecular flexibility index (Phi) is 3.70. The van der Waals surface area contributed by atoms with Crippen LogP contribution in [0, 0.1) is 0 Å². The highest BCUT2D eigenvalue weighted by molar-refractivity contribution is 5.83. The monoisotopic (exact) mass is 268 g/mol. The van der Waals surface area contributed by atoms with Crippen LogP contribution >= 0.6 is 0 Å². The highest BCUT2D eigenvalue weighted by atomic mass is 16.4. The smallest absolute Gasteiger partial charge is 0.326 e. The van der Waals surface area contributed by atoms with Gasteiger partial charge in [-0.2, -0.15) is 0 Å². The Morgan fingerprint density at radius 3 is 2.95 bits per heavy atom. The Labute approximate surface area is 109 Å². The predicted molar refractivity (Wildman–Crippen MR) is 64.2 cm³/mol. The summed E-state index contributed by atoms with van der Waals surface area (Å²) in [6, 6.07) is -1.40. The number of hydrogen-bond donors (Lipinski definition) is 3. The summed E-state index contributed by atoms with van der Waals surface area (Å²) < 4.78 is 0. The summed E-state index contributed by atoms with van der Waals surface area (Å²) in [4.78, 5) is 32.6. The molecule has 3 N–H and O–H groups in total. The van der Waals surface area contributed by atoms with Crippen molar-refractivity contribution in [2.75, 3.05) is 13.6 Å². The van der Waals surface area contributed by atoms with E-state index in [1.54, 1.807) is 19.4 Å². The zero-order chi connectivity index (χ0) is 14.0. The molecule has 19 heavy (non-hydrogen) atoms. The molecule has 2 amide bonds. The van der Waals surface area contributed by atoms with Crippen LogP contribution in [0.2, 0.25) is 0 Å². The number of aliphatic hydroxyl groups is 1. The lowest BCUT2D eigenvalue weighted by molar-refractivity contribution is -0.141. The molecule has 0 bridgehead atoms. The molecule has 1 aliphatic rings. The van der Waals surface area contributed by atoms with Gasteiger partial charge in [-0.05, 0) is 0 Å². The van der Waals surface area contributed by atoms with Gasteiger partial charge in [-0.1, -0.05) is 0 Å². The number of amides is 2. The first-order chi connectivity index (χ1) is 8.99. The second kappa shape index (κ2) is 5.27. The SMILES string of the molecule is CN(Cc1ncc[nH]1)C(=O)N1C[C@@H](O)C[C@H]1C(=O)O. The van der Waals surface area contributed by atoms with E-state index in [0.717, 1.165) is 0 Å². The van der Waals surface area contributed by atoms with Crippen LogP contribution < -0.4 is 0 Å². The highest BCUT2D eigenvalue weighted by Gasteiger charge is 2.40. The van der Waals surface area contributed by atoms with Gasteiger partial charge >= 0.3 is 12.0 Å². The van der Waals surface area contributed by atoms with E-state index in [2.05, 4.69) is 9.97 Å². The number of carboxylic acids is 1. The van der Waals surface area contributed by atoms with E-state index in [1.807, 2.05) is 0 Å². The van der Waals surface area contributed by atoms with Crippen LogP contribution in [0.15, 0.2) is 12.4 Å². The third-order valence-electron chi connectivity index (χ3n) is 3.08. The van der Waals surface area contributed by atoms with Crippen molar-refractivity contribution in [2.24, 2.45) is 0 Å². The summed E-state index contributed by atoms with van der Waals surface area (Å²) in [6.45, 7) is 0.295. The maximum absolute atomic E-state index is 12.2. The van der Waals surface area contributed by atoms with Crippen molar-refractivity contribution >= 4 is 12.0 Å². The molecule has 2 heterocycles. The van der Waals surface area contributed by atoms with Gasteiger partial charge in [0.25, 0.3) is 0 Å². The van der Waals surface area contributed by atoms with E-state index < -0.39 is 24.1 Å². The Bertz CT molecular complexity index is 461. The van der Waals surface area contributed by atoms with Crippen molar-refractivity contribution in [3.63, 3.8) is 0 Å². The fourth-order valence-electron chi connectivity index (χ4n) is 2.16. The molecule has 0 unspecified atom stereocenters. The maximum Gasteiger partial charge on any atom is 0.326 e. The summed E-state index contributed by atoms with van der Waals surface area (Å²) in [6.07, 6.45) is 2.50. The van der Waals surface area contributed by atoms with E-state index in [9.17, 15) is 14.7 Å². The largest absolute Gasteiger partial charge is 0.480 e. The Balaban J connectivity index is 2.03. The number of likely N-dealkylation sites (tertiary alicyclic amines) is 1. The average molecular weight is 268 g/mol. The van der Waals surface area contributed by atoms with E-state index in [4.69, 9.17) is 5.11 Å². The van der Waals surface area contributed by atoms with Crippen LogP contribution in [0.3, 0.4) is 0 Å². The Morgan fingerprint density at radius 1 is 1.63 bits per heavy atom. The van der Waals surface area contributed by atoms with E-state index in [0.29, 0.717) is 5.82 Å². The summed E-state index contributed by atoms with van der Waals surface area (Å²) >= 11 is 0. The number of aromatic amines is 1. The molecule has 8 heteroatoms. The summed E-state index contributed by atoms with van der Waals surface area (Å²) in [7, 11) is 1.56. The van der Waals surface area contributed by atoms with Gasteiger partial charge in [0.1, 0.15) is 11.9 Å². The molecule has 1 aromatic heterocycles. The van der Waals surface area contributed by atoms with Crippen molar-refractivity contribution in [1.29, 1.82) is 0 Å². The Morgan fingerprint density at radius 2 is 2.37 bits per heavy atom. The van der Waals surface area contributed by atoms with Gasteiger partial charge in [0.05, 0.1) is 12.6 Å². The molecule has 1 aromatic rings. The number of urea groups is 1. The Hall–Kier alpha value is -2.09. The third-order valence-corrected chi connectivity index (χ3v) is 3.08. The summed E-state index contributed by atoms with van der Waals surface area (Å²) in [5.41, 5.74) is 0. The van der Waals surface area contributed by atoms with Gasteiger partial charge in [0, 0.05) is 32.4 Å². The first kappa shape index (κ1) is 13.3. The molecule has 1 saturated heterocycles. The zero-order valence-corrected chi connectivity index (χ0v) is 10.5. The van der Waals surface area contributed by atoms with Crippen LogP contribution in [0.5, 0.6) is 0 Å². The maximum atomic E-state index is 12.2. The molecule has 0 saturated carbocycles. The number of carboxylic acid groups (broad SMARTS) is 1. The number of rotatable bonds is 3. The normalized spacial score (nSPS) is 22.5. The van der Waals surface area contributed by atoms with Gasteiger partial charge in [-0.25, -0.2) is 14.6 Å². The number of nitrogens with one attached hydrogen (secondary N) is 1. The number of β-amino-alcohol motifs (C(OH)–C–C–N with tert-alkyl or cyclic N) is 1. The van der Waals surface area contributed by atoms with Crippen molar-refractivity contribution in [3.05, 3.63) is 18.2 Å². The fraction of sp³-hybridized carbons (Fsp3) is 0.545. The summed E-state index contributed by atoms with van der Waals surface area (Å²) in [5.74, 6) is -0.487. The molecule has 0 aliphatic carbocycles. The minimum Gasteiger partial charge on any atom is -0.480 e. The van der Waals surface area contributed by atoms with Crippen LogP contribution in [0.4, 0.5) is 4.79 Å². The molecule has 2 atom stereocenters. The third kappa shape index (κ3) is 2.84. The molecule has 1 fully saturated rings. The van der Waals surface area contributed by atoms with Gasteiger partial charge in [-0.3, -0.25) is 0 Å². The van der Waals surface area contributed by atoms with E-state index >= 15 is 0 Å². The van der Waals surface area contributed by atoms with Crippen LogP contribution in [-0.2, 0) is 11.3 Å². The molecule has 0 spiro atoms. The lowest BCUT2D eigenvalue weighted by Crippen LogP contribution is -2.46. The molecular formula is C11H16N4O4. The van der Waals surface area contributed by atoms with E-state index in [-0.39, 0.29) is 19.5 Å². The van der Waals surface area contributed by atoms with Gasteiger partial charge < -0.3 is 25.0 Å². The number of aromatic nitrogens is 2. The van der Waals surface area contributed by atoms with Crippen molar-refractivity contribution in [3.8, 4) is 0 Å². The second-order valence-corrected chi connectivity index (χ2v) is 4.57. The molecule has 8 nitrogen and oxygen atoms in total. The van der Waals surface area contributed by atoms with E-state index in [1.165, 1.54) is 9.80 Å². The van der Waals surface area contributed by atoms with Gasteiger partial charge in [0.15, 0.2) is 0 Å². The van der Waals surface area contributed by atoms with Crippen molar-refractivity contribution in [2.45, 2.75) is 25.1 Å². The number of aliphatic hydroxyl groups excluding tert-OH is 1. The predicted octanol–water partition coefficient (Wildman–Crippen LogP) is -0.519. The molecule has 0 aromatic carbocycles. The van der Waals surface area contributed by atoms with Crippen LogP contribution in [-0.4, -0.2) is 67.7 Å². The number of carbonyl (C=O) groups is 2. The van der Waals surface area contributed by atoms with Crippen LogP contribution in [0.25, 0.3) is 0 Å².